The molecule has 0 aliphatic heterocycles. The zero-order chi connectivity index (χ0) is 8.91. The maximum absolute atomic E-state index is 10.7. The first-order valence-corrected chi connectivity index (χ1v) is 3.58. The van der Waals surface area contributed by atoms with Gasteiger partial charge >= 0.3 is 5.97 Å². The van der Waals surface area contributed by atoms with E-state index >= 15 is 0 Å². The quantitative estimate of drug-likeness (QED) is 0.445. The number of aliphatic hydroxyl groups is 1. The van der Waals surface area contributed by atoms with Gasteiger partial charge in [-0.2, -0.15) is 0 Å². The number of ether oxygens (including phenoxy) is 1. The first-order chi connectivity index (χ1) is 4.95. The summed E-state index contributed by atoms with van der Waals surface area (Å²) >= 11 is 0. The Kier molecular flexibility index (Phi) is 4.07. The number of carbonyl (C=O) groups excluding carboxylic acids is 1. The Labute approximate surface area is 66.5 Å². The summed E-state index contributed by atoms with van der Waals surface area (Å²) in [6.45, 7) is 5.27. The van der Waals surface area contributed by atoms with Crippen molar-refractivity contribution < 1.29 is 14.6 Å². The fraction of sp³-hybridized carbons (Fsp3) is 0.857. The topological polar surface area (TPSA) is 58.6 Å². The smallest absolute Gasteiger partial charge is 0.319 e. The van der Waals surface area contributed by atoms with Crippen LogP contribution in [0.1, 0.15) is 20.8 Å². The van der Waals surface area contributed by atoms with Crippen molar-refractivity contribution in [3.05, 3.63) is 0 Å². The lowest BCUT2D eigenvalue weighted by atomic mass is 10.3. The van der Waals surface area contributed by atoms with Crippen LogP contribution in [0, 0.1) is 0 Å². The third kappa shape index (κ3) is 7.29. The molecule has 0 atom stereocenters. The Morgan fingerprint density at radius 1 is 1.64 bits per heavy atom. The predicted molar refractivity (Wildman–Crippen MR) is 40.9 cm³/mol. The van der Waals surface area contributed by atoms with Crippen molar-refractivity contribution in [3.63, 3.8) is 0 Å². The van der Waals surface area contributed by atoms with E-state index in [1.165, 1.54) is 0 Å². The van der Waals surface area contributed by atoms with E-state index in [9.17, 15) is 4.79 Å². The van der Waals surface area contributed by atoms with Gasteiger partial charge < -0.3 is 9.84 Å². The second-order valence-corrected chi connectivity index (χ2v) is 2.72. The highest BCUT2D eigenvalue weighted by Gasteiger charge is 2.12. The van der Waals surface area contributed by atoms with Crippen LogP contribution in [0.2, 0.25) is 0 Å². The molecule has 0 unspecified atom stereocenters. The van der Waals surface area contributed by atoms with Crippen LogP contribution in [-0.4, -0.2) is 30.0 Å². The first kappa shape index (κ1) is 10.4. The van der Waals surface area contributed by atoms with E-state index in [1.54, 1.807) is 20.8 Å². The Morgan fingerprint density at radius 2 is 2.18 bits per heavy atom. The summed E-state index contributed by atoms with van der Waals surface area (Å²) in [5, 5.41) is 11.7. The lowest BCUT2D eigenvalue weighted by Crippen LogP contribution is -2.42. The molecule has 0 heterocycles. The zero-order valence-corrected chi connectivity index (χ0v) is 7.18. The Hall–Kier alpha value is -0.610. The third-order valence-corrected chi connectivity index (χ3v) is 0.971. The van der Waals surface area contributed by atoms with Gasteiger partial charge in [0, 0.05) is 0 Å². The predicted octanol–water partition coefficient (Wildman–Crippen LogP) is -0.133. The lowest BCUT2D eigenvalue weighted by Gasteiger charge is -2.17. The number of nitrogens with one attached hydrogen (secondary N) is 1. The van der Waals surface area contributed by atoms with Crippen molar-refractivity contribution in [2.75, 3.05) is 13.2 Å². The molecule has 0 radical (unpaired) electrons. The van der Waals surface area contributed by atoms with Crippen molar-refractivity contribution in [1.82, 2.24) is 5.32 Å². The monoisotopic (exact) mass is 161 g/mol. The van der Waals surface area contributed by atoms with Gasteiger partial charge in [-0.15, -0.1) is 0 Å². The molecule has 0 aromatic rings. The van der Waals surface area contributed by atoms with Gasteiger partial charge in [-0.05, 0) is 20.8 Å². The minimum atomic E-state index is -1.02. The molecule has 2 N–H and O–H groups in total. The summed E-state index contributed by atoms with van der Waals surface area (Å²) in [6, 6.07) is 0. The van der Waals surface area contributed by atoms with Gasteiger partial charge in [0.25, 0.3) is 0 Å². The maximum atomic E-state index is 10.7. The fourth-order valence-electron chi connectivity index (χ4n) is 0.500. The summed E-state index contributed by atoms with van der Waals surface area (Å²) in [6.07, 6.45) is 0. The molecule has 0 aliphatic rings. The number of hydrogen-bond donors (Lipinski definition) is 2. The van der Waals surface area contributed by atoms with Crippen LogP contribution in [0.5, 0.6) is 0 Å². The molecule has 11 heavy (non-hydrogen) atoms. The molecule has 0 saturated heterocycles. The second-order valence-electron chi connectivity index (χ2n) is 2.72. The largest absolute Gasteiger partial charge is 0.465 e. The van der Waals surface area contributed by atoms with E-state index in [2.05, 4.69) is 10.1 Å². The Morgan fingerprint density at radius 3 is 2.55 bits per heavy atom. The molecule has 4 nitrogen and oxygen atoms in total. The van der Waals surface area contributed by atoms with Crippen LogP contribution < -0.4 is 5.32 Å². The molecule has 0 aromatic heterocycles. The van der Waals surface area contributed by atoms with E-state index in [4.69, 9.17) is 5.11 Å². The van der Waals surface area contributed by atoms with E-state index in [-0.39, 0.29) is 12.5 Å². The Bertz CT molecular complexity index is 128. The average Bonchev–Trinajstić information content (AvgIpc) is 1.83. The summed E-state index contributed by atoms with van der Waals surface area (Å²) in [5.41, 5.74) is -1.02. The molecule has 0 spiro atoms. The molecule has 0 fully saturated rings. The summed E-state index contributed by atoms with van der Waals surface area (Å²) < 4.78 is 4.62. The number of carbonyl (C=O) groups is 1. The molecule has 0 amide bonds. The molecular formula is C7H15NO3. The van der Waals surface area contributed by atoms with Gasteiger partial charge in [0.1, 0.15) is 5.72 Å². The van der Waals surface area contributed by atoms with E-state index in [0.29, 0.717) is 6.61 Å². The van der Waals surface area contributed by atoms with Crippen molar-refractivity contribution in [1.29, 1.82) is 0 Å². The molecule has 0 aromatic carbocycles. The third-order valence-electron chi connectivity index (χ3n) is 0.971. The molecule has 4 heteroatoms. The number of esters is 1. The van der Waals surface area contributed by atoms with Crippen LogP contribution in [-0.2, 0) is 9.53 Å². The van der Waals surface area contributed by atoms with Crippen LogP contribution in [0.4, 0.5) is 0 Å². The van der Waals surface area contributed by atoms with Gasteiger partial charge in [-0.1, -0.05) is 0 Å². The van der Waals surface area contributed by atoms with Gasteiger partial charge in [-0.25, -0.2) is 0 Å². The lowest BCUT2D eigenvalue weighted by molar-refractivity contribution is -0.143. The van der Waals surface area contributed by atoms with Crippen molar-refractivity contribution >= 4 is 5.97 Å². The second kappa shape index (κ2) is 4.31. The van der Waals surface area contributed by atoms with Gasteiger partial charge in [-0.3, -0.25) is 10.1 Å². The normalized spacial score (nSPS) is 11.3. The molecule has 66 valence electrons. The fourth-order valence-corrected chi connectivity index (χ4v) is 0.500. The SMILES string of the molecule is CCOC(=O)CNC(C)(C)O. The maximum Gasteiger partial charge on any atom is 0.319 e. The van der Waals surface area contributed by atoms with Crippen molar-refractivity contribution in [2.24, 2.45) is 0 Å². The van der Waals surface area contributed by atoms with E-state index in [0.717, 1.165) is 0 Å². The molecule has 0 saturated carbocycles. The highest BCUT2D eigenvalue weighted by atomic mass is 16.5. The van der Waals surface area contributed by atoms with Crippen LogP contribution in [0.15, 0.2) is 0 Å². The van der Waals surface area contributed by atoms with Crippen LogP contribution >= 0.6 is 0 Å². The average molecular weight is 161 g/mol. The molecule has 0 rings (SSSR count). The van der Waals surface area contributed by atoms with Gasteiger partial charge in [0.2, 0.25) is 0 Å². The van der Waals surface area contributed by atoms with E-state index in [1.807, 2.05) is 0 Å². The number of rotatable bonds is 4. The molecule has 0 bridgehead atoms. The number of hydrogen-bond acceptors (Lipinski definition) is 4. The molecular weight excluding hydrogens is 146 g/mol. The summed E-state index contributed by atoms with van der Waals surface area (Å²) in [4.78, 5) is 10.7. The zero-order valence-electron chi connectivity index (χ0n) is 7.18. The van der Waals surface area contributed by atoms with E-state index < -0.39 is 5.72 Å². The van der Waals surface area contributed by atoms with Crippen molar-refractivity contribution in [3.8, 4) is 0 Å². The first-order valence-electron chi connectivity index (χ1n) is 3.58. The molecule has 0 aliphatic carbocycles. The Balaban J connectivity index is 3.46. The summed E-state index contributed by atoms with van der Waals surface area (Å²) in [7, 11) is 0. The highest BCUT2D eigenvalue weighted by molar-refractivity contribution is 5.71. The minimum Gasteiger partial charge on any atom is -0.465 e. The minimum absolute atomic E-state index is 0.0390. The van der Waals surface area contributed by atoms with Gasteiger partial charge in [0.05, 0.1) is 13.2 Å². The van der Waals surface area contributed by atoms with Crippen LogP contribution in [0.25, 0.3) is 0 Å². The highest BCUT2D eigenvalue weighted by Crippen LogP contribution is 1.92. The van der Waals surface area contributed by atoms with Gasteiger partial charge in [0.15, 0.2) is 0 Å². The summed E-state index contributed by atoms with van der Waals surface area (Å²) in [5.74, 6) is -0.352. The van der Waals surface area contributed by atoms with Crippen molar-refractivity contribution in [2.45, 2.75) is 26.5 Å². The van der Waals surface area contributed by atoms with Crippen LogP contribution in [0.3, 0.4) is 0 Å². The standard InChI is InChI=1S/C7H15NO3/c1-4-11-6(9)5-8-7(2,3)10/h8,10H,4-5H2,1-3H3.